The summed E-state index contributed by atoms with van der Waals surface area (Å²) in [5, 5.41) is 20.4. The van der Waals surface area contributed by atoms with Gasteiger partial charge in [-0.2, -0.15) is 4.98 Å². The summed E-state index contributed by atoms with van der Waals surface area (Å²) in [5.74, 6) is -1.93. The average molecular weight is 478 g/mol. The van der Waals surface area contributed by atoms with Crippen LogP contribution in [-0.2, 0) is 9.53 Å². The van der Waals surface area contributed by atoms with Crippen molar-refractivity contribution >= 4 is 23.9 Å². The van der Waals surface area contributed by atoms with Crippen LogP contribution in [0.2, 0.25) is 0 Å². The number of nitrogens with zero attached hydrogens (tertiary/aromatic N) is 2. The molecule has 182 valence electrons. The second kappa shape index (κ2) is 10.8. The number of benzene rings is 2. The van der Waals surface area contributed by atoms with Crippen molar-refractivity contribution in [1.82, 2.24) is 20.5 Å². The van der Waals surface area contributed by atoms with Crippen molar-refractivity contribution < 1.29 is 24.2 Å². The van der Waals surface area contributed by atoms with Gasteiger partial charge >= 0.3 is 12.1 Å². The Morgan fingerprint density at radius 1 is 1.09 bits per heavy atom. The molecule has 0 saturated carbocycles. The molecule has 0 aliphatic heterocycles. The number of anilines is 1. The number of carbonyl (C=O) groups is 3. The molecule has 0 unspecified atom stereocenters. The summed E-state index contributed by atoms with van der Waals surface area (Å²) in [6.45, 7) is 2.11. The highest BCUT2D eigenvalue weighted by atomic mass is 16.5. The fourth-order valence-electron chi connectivity index (χ4n) is 4.29. The molecule has 35 heavy (non-hydrogen) atoms. The van der Waals surface area contributed by atoms with Crippen molar-refractivity contribution in [2.75, 3.05) is 11.9 Å². The first-order valence-electron chi connectivity index (χ1n) is 11.5. The number of unbranched alkanes of at least 4 members (excludes halogenated alkanes) is 1. The molecule has 10 nitrogen and oxygen atoms in total. The number of nitrogens with one attached hydrogen (secondary N) is 3. The van der Waals surface area contributed by atoms with E-state index < -0.39 is 24.0 Å². The maximum Gasteiger partial charge on any atom is 0.414 e. The summed E-state index contributed by atoms with van der Waals surface area (Å²) in [7, 11) is 0. The summed E-state index contributed by atoms with van der Waals surface area (Å²) in [6.07, 6.45) is 1.26. The van der Waals surface area contributed by atoms with Gasteiger partial charge in [-0.05, 0) is 28.7 Å². The van der Waals surface area contributed by atoms with E-state index in [1.807, 2.05) is 43.3 Å². The molecular weight excluding hydrogens is 450 g/mol. The highest BCUT2D eigenvalue weighted by molar-refractivity contribution is 5.92. The van der Waals surface area contributed by atoms with Crippen molar-refractivity contribution in [2.45, 2.75) is 44.6 Å². The number of carboxylic acids is 1. The van der Waals surface area contributed by atoms with Gasteiger partial charge in [0.1, 0.15) is 6.61 Å². The Balaban J connectivity index is 1.34. The monoisotopic (exact) mass is 477 g/mol. The lowest BCUT2D eigenvalue weighted by atomic mass is 9.98. The Hall–Kier alpha value is -4.21. The summed E-state index contributed by atoms with van der Waals surface area (Å²) < 4.78 is 5.46. The zero-order valence-electron chi connectivity index (χ0n) is 19.3. The minimum Gasteiger partial charge on any atom is -0.481 e. The fraction of sp³-hybridized carbons (Fsp3) is 0.320. The van der Waals surface area contributed by atoms with Crippen LogP contribution in [0.5, 0.6) is 0 Å². The largest absolute Gasteiger partial charge is 0.481 e. The smallest absolute Gasteiger partial charge is 0.414 e. The first kappa shape index (κ1) is 23.9. The molecule has 1 aromatic heterocycles. The van der Waals surface area contributed by atoms with Crippen molar-refractivity contribution in [1.29, 1.82) is 0 Å². The number of aromatic nitrogens is 3. The maximum absolute atomic E-state index is 12.5. The molecule has 3 aromatic rings. The van der Waals surface area contributed by atoms with E-state index in [4.69, 9.17) is 9.84 Å². The van der Waals surface area contributed by atoms with E-state index in [0.29, 0.717) is 6.42 Å². The molecule has 2 aromatic carbocycles. The number of ether oxygens (including phenoxy) is 1. The molecular formula is C25H27N5O5. The van der Waals surface area contributed by atoms with Crippen molar-refractivity contribution in [2.24, 2.45) is 0 Å². The molecule has 4 N–H and O–H groups in total. The van der Waals surface area contributed by atoms with Crippen LogP contribution in [-0.4, -0.2) is 50.9 Å². The quantitative estimate of drug-likeness (QED) is 0.346. The zero-order chi connectivity index (χ0) is 24.8. The number of carbonyl (C=O) groups excluding carboxylic acids is 2. The average Bonchev–Trinajstić information content (AvgIpc) is 3.43. The van der Waals surface area contributed by atoms with Crippen LogP contribution in [0.3, 0.4) is 0 Å². The van der Waals surface area contributed by atoms with Crippen LogP contribution in [0, 0.1) is 0 Å². The minimum absolute atomic E-state index is 0.0871. The lowest BCUT2D eigenvalue weighted by Gasteiger charge is -2.15. The Bertz CT molecular complexity index is 1180. The lowest BCUT2D eigenvalue weighted by molar-refractivity contribution is -0.137. The van der Waals surface area contributed by atoms with Crippen LogP contribution in [0.1, 0.15) is 60.3 Å². The summed E-state index contributed by atoms with van der Waals surface area (Å²) in [5.41, 5.74) is 4.44. The van der Waals surface area contributed by atoms with E-state index in [0.717, 1.165) is 35.1 Å². The number of fused-ring (bicyclic) bond motifs is 3. The van der Waals surface area contributed by atoms with E-state index in [9.17, 15) is 14.4 Å². The number of rotatable bonds is 10. The predicted molar refractivity (Wildman–Crippen MR) is 128 cm³/mol. The number of hydrogen-bond acceptors (Lipinski definition) is 6. The molecule has 2 amide bonds. The maximum atomic E-state index is 12.5. The van der Waals surface area contributed by atoms with Crippen LogP contribution < -0.4 is 10.6 Å². The van der Waals surface area contributed by atoms with Gasteiger partial charge in [0, 0.05) is 12.0 Å². The van der Waals surface area contributed by atoms with E-state index in [1.54, 1.807) is 0 Å². The molecule has 1 heterocycles. The van der Waals surface area contributed by atoms with E-state index in [2.05, 4.69) is 37.9 Å². The summed E-state index contributed by atoms with van der Waals surface area (Å²) in [6, 6.07) is 15.5. The van der Waals surface area contributed by atoms with Gasteiger partial charge in [0.2, 0.25) is 5.82 Å². The SMILES string of the molecule is CCCC[C@@H](CC(=O)O)NC(=O)c1nc(NC(=O)OCC2c3ccccc3-c3ccccc32)n[nH]1. The van der Waals surface area contributed by atoms with E-state index in [-0.39, 0.29) is 30.7 Å². The standard InChI is InChI=1S/C25H27N5O5/c1-2-3-8-15(13-21(31)32)26-23(33)22-27-24(30-29-22)28-25(34)35-14-20-18-11-6-4-9-16(18)17-10-5-7-12-19(17)20/h4-7,9-12,15,20H,2-3,8,13-14H2,1H3,(H,26,33)(H,31,32)(H2,27,28,29,30,34)/t15-/m0/s1. The van der Waals surface area contributed by atoms with Crippen molar-refractivity contribution in [3.05, 3.63) is 65.5 Å². The Morgan fingerprint density at radius 3 is 2.37 bits per heavy atom. The number of aliphatic carboxylic acids is 1. The Labute approximate surface area is 202 Å². The molecule has 4 rings (SSSR count). The van der Waals surface area contributed by atoms with E-state index in [1.165, 1.54) is 0 Å². The van der Waals surface area contributed by atoms with Gasteiger partial charge in [-0.1, -0.05) is 68.3 Å². The summed E-state index contributed by atoms with van der Waals surface area (Å²) in [4.78, 5) is 39.9. The van der Waals surface area contributed by atoms with Gasteiger partial charge in [-0.3, -0.25) is 20.0 Å². The summed E-state index contributed by atoms with van der Waals surface area (Å²) >= 11 is 0. The van der Waals surface area contributed by atoms with Gasteiger partial charge in [0.15, 0.2) is 0 Å². The lowest BCUT2D eigenvalue weighted by Crippen LogP contribution is -2.37. The second-order valence-corrected chi connectivity index (χ2v) is 8.37. The highest BCUT2D eigenvalue weighted by Crippen LogP contribution is 2.44. The van der Waals surface area contributed by atoms with Gasteiger partial charge in [0.25, 0.3) is 11.9 Å². The molecule has 0 spiro atoms. The number of aromatic amines is 1. The fourth-order valence-corrected chi connectivity index (χ4v) is 4.29. The Kier molecular flexibility index (Phi) is 7.39. The number of H-pyrrole nitrogens is 1. The van der Waals surface area contributed by atoms with Crippen LogP contribution in [0.4, 0.5) is 10.7 Å². The van der Waals surface area contributed by atoms with E-state index >= 15 is 0 Å². The molecule has 1 atom stereocenters. The van der Waals surface area contributed by atoms with Gasteiger partial charge in [-0.25, -0.2) is 4.79 Å². The molecule has 0 saturated heterocycles. The predicted octanol–water partition coefficient (Wildman–Crippen LogP) is 3.93. The third-order valence-corrected chi connectivity index (χ3v) is 5.92. The van der Waals surface area contributed by atoms with Gasteiger partial charge in [0.05, 0.1) is 6.42 Å². The third kappa shape index (κ3) is 5.65. The molecule has 0 bridgehead atoms. The molecule has 10 heteroatoms. The number of carboxylic acid groups (broad SMARTS) is 1. The number of amides is 2. The molecule has 0 fully saturated rings. The first-order chi connectivity index (χ1) is 17.0. The first-order valence-corrected chi connectivity index (χ1v) is 11.5. The third-order valence-electron chi connectivity index (χ3n) is 5.92. The van der Waals surface area contributed by atoms with Crippen molar-refractivity contribution in [3.8, 4) is 11.1 Å². The topological polar surface area (TPSA) is 146 Å². The van der Waals surface area contributed by atoms with Crippen LogP contribution >= 0.6 is 0 Å². The number of hydrogen-bond donors (Lipinski definition) is 4. The molecule has 1 aliphatic carbocycles. The van der Waals surface area contributed by atoms with Gasteiger partial charge in [-0.15, -0.1) is 5.10 Å². The molecule has 1 aliphatic rings. The second-order valence-electron chi connectivity index (χ2n) is 8.37. The highest BCUT2D eigenvalue weighted by Gasteiger charge is 2.29. The minimum atomic E-state index is -0.999. The van der Waals surface area contributed by atoms with Crippen molar-refractivity contribution in [3.63, 3.8) is 0 Å². The molecule has 0 radical (unpaired) electrons. The van der Waals surface area contributed by atoms with Gasteiger partial charge < -0.3 is 15.2 Å². The normalized spacial score (nSPS) is 12.9. The van der Waals surface area contributed by atoms with Crippen LogP contribution in [0.25, 0.3) is 11.1 Å². The zero-order valence-corrected chi connectivity index (χ0v) is 19.3. The Morgan fingerprint density at radius 2 is 1.74 bits per heavy atom. The van der Waals surface area contributed by atoms with Crippen LogP contribution in [0.15, 0.2) is 48.5 Å².